The van der Waals surface area contributed by atoms with Crippen LogP contribution in [0.5, 0.6) is 0 Å². The number of hydrogen-bond donors (Lipinski definition) is 1. The molecule has 4 rings (SSSR count). The van der Waals surface area contributed by atoms with Crippen LogP contribution in [-0.4, -0.2) is 19.6 Å². The fourth-order valence-corrected chi connectivity index (χ4v) is 3.59. The third kappa shape index (κ3) is 3.00. The summed E-state index contributed by atoms with van der Waals surface area (Å²) in [6.07, 6.45) is 8.79. The molecule has 24 heavy (non-hydrogen) atoms. The highest BCUT2D eigenvalue weighted by Gasteiger charge is 2.09. The van der Waals surface area contributed by atoms with Crippen LogP contribution in [0.4, 0.5) is 5.13 Å². The van der Waals surface area contributed by atoms with E-state index < -0.39 is 0 Å². The summed E-state index contributed by atoms with van der Waals surface area (Å²) < 4.78 is 2.00. The van der Waals surface area contributed by atoms with Crippen LogP contribution in [0.15, 0.2) is 55.1 Å². The van der Waals surface area contributed by atoms with E-state index in [9.17, 15) is 0 Å². The molecule has 0 aliphatic rings. The molecular formula is C18H17N5S. The average molecular weight is 335 g/mol. The first kappa shape index (κ1) is 14.8. The Morgan fingerprint density at radius 3 is 2.79 bits per heavy atom. The molecule has 2 N–H and O–H groups in total. The molecule has 3 heterocycles. The van der Waals surface area contributed by atoms with E-state index in [1.54, 1.807) is 17.7 Å². The quantitative estimate of drug-likeness (QED) is 0.605. The summed E-state index contributed by atoms with van der Waals surface area (Å²) >= 11 is 1.57. The molecule has 0 spiro atoms. The maximum atomic E-state index is 5.69. The summed E-state index contributed by atoms with van der Waals surface area (Å²) in [5, 5.41) is 8.95. The van der Waals surface area contributed by atoms with Gasteiger partial charge in [-0.2, -0.15) is 0 Å². The molecule has 0 aliphatic heterocycles. The lowest BCUT2D eigenvalue weighted by atomic mass is 10.0. The molecule has 0 saturated carbocycles. The van der Waals surface area contributed by atoms with Crippen LogP contribution in [-0.2, 0) is 12.8 Å². The standard InChI is InChI=1S/C18H17N5S/c19-18-20-10-15(24-18)8-4-5-13-9-16(14-6-2-1-3-7-14)17-22-21-12-23(17)11-13/h1-3,6-7,9-12H,4-5,8H2,(H2,19,20). The van der Waals surface area contributed by atoms with E-state index in [0.717, 1.165) is 36.0 Å². The van der Waals surface area contributed by atoms with Gasteiger partial charge in [-0.1, -0.05) is 30.3 Å². The molecule has 6 heteroatoms. The van der Waals surface area contributed by atoms with Crippen LogP contribution in [0.1, 0.15) is 16.9 Å². The van der Waals surface area contributed by atoms with E-state index in [1.807, 2.05) is 28.8 Å². The molecule has 0 unspecified atom stereocenters. The first-order chi connectivity index (χ1) is 11.8. The summed E-state index contributed by atoms with van der Waals surface area (Å²) in [5.74, 6) is 0. The number of pyridine rings is 1. The van der Waals surface area contributed by atoms with Crippen molar-refractivity contribution in [3.63, 3.8) is 0 Å². The number of thiazole rings is 1. The Kier molecular flexibility index (Phi) is 3.96. The number of aryl methyl sites for hydroxylation is 2. The van der Waals surface area contributed by atoms with Gasteiger partial charge in [-0.3, -0.25) is 4.40 Å². The van der Waals surface area contributed by atoms with Crippen LogP contribution in [0.25, 0.3) is 16.8 Å². The zero-order chi connectivity index (χ0) is 16.4. The molecule has 0 aliphatic carbocycles. The molecule has 0 bridgehead atoms. The summed E-state index contributed by atoms with van der Waals surface area (Å²) in [6.45, 7) is 0. The highest BCUT2D eigenvalue weighted by molar-refractivity contribution is 7.15. The number of hydrogen-bond acceptors (Lipinski definition) is 5. The second-order valence-electron chi connectivity index (χ2n) is 5.71. The summed E-state index contributed by atoms with van der Waals surface area (Å²) in [4.78, 5) is 5.34. The Labute approximate surface area is 143 Å². The van der Waals surface area contributed by atoms with Crippen molar-refractivity contribution in [1.82, 2.24) is 19.6 Å². The van der Waals surface area contributed by atoms with E-state index in [4.69, 9.17) is 5.73 Å². The van der Waals surface area contributed by atoms with Crippen molar-refractivity contribution in [1.29, 1.82) is 0 Å². The van der Waals surface area contributed by atoms with Gasteiger partial charge in [-0.05, 0) is 36.5 Å². The highest BCUT2D eigenvalue weighted by Crippen LogP contribution is 2.25. The third-order valence-electron chi connectivity index (χ3n) is 3.99. The molecule has 0 atom stereocenters. The minimum absolute atomic E-state index is 0.641. The van der Waals surface area contributed by atoms with Gasteiger partial charge < -0.3 is 5.73 Å². The third-order valence-corrected chi connectivity index (χ3v) is 4.88. The van der Waals surface area contributed by atoms with Crippen LogP contribution >= 0.6 is 11.3 Å². The van der Waals surface area contributed by atoms with Crippen LogP contribution < -0.4 is 5.73 Å². The van der Waals surface area contributed by atoms with Gasteiger partial charge in [-0.25, -0.2) is 4.98 Å². The molecule has 0 amide bonds. The summed E-state index contributed by atoms with van der Waals surface area (Å²) in [7, 11) is 0. The van der Waals surface area contributed by atoms with Gasteiger partial charge in [0.05, 0.1) is 0 Å². The van der Waals surface area contributed by atoms with Gasteiger partial charge in [0.1, 0.15) is 6.33 Å². The summed E-state index contributed by atoms with van der Waals surface area (Å²) in [6, 6.07) is 12.5. The molecule has 0 saturated heterocycles. The lowest BCUT2D eigenvalue weighted by Gasteiger charge is -2.08. The molecule has 0 radical (unpaired) electrons. The first-order valence-corrected chi connectivity index (χ1v) is 8.69. The largest absolute Gasteiger partial charge is 0.375 e. The minimum Gasteiger partial charge on any atom is -0.375 e. The van der Waals surface area contributed by atoms with E-state index in [-0.39, 0.29) is 0 Å². The van der Waals surface area contributed by atoms with Gasteiger partial charge in [0.2, 0.25) is 0 Å². The topological polar surface area (TPSA) is 69.1 Å². The highest BCUT2D eigenvalue weighted by atomic mass is 32.1. The Morgan fingerprint density at radius 2 is 2.00 bits per heavy atom. The molecule has 120 valence electrons. The van der Waals surface area contributed by atoms with Gasteiger partial charge in [0, 0.05) is 22.8 Å². The lowest BCUT2D eigenvalue weighted by molar-refractivity contribution is 0.823. The number of anilines is 1. The van der Waals surface area contributed by atoms with Gasteiger partial charge >= 0.3 is 0 Å². The second-order valence-corrected chi connectivity index (χ2v) is 6.86. The number of nitrogen functional groups attached to an aromatic ring is 1. The van der Waals surface area contributed by atoms with Crippen molar-refractivity contribution in [2.24, 2.45) is 0 Å². The number of rotatable bonds is 5. The summed E-state index contributed by atoms with van der Waals surface area (Å²) in [5.41, 5.74) is 10.1. The molecular weight excluding hydrogens is 318 g/mol. The lowest BCUT2D eigenvalue weighted by Crippen LogP contribution is -1.95. The fourth-order valence-electron chi connectivity index (χ4n) is 2.87. The molecule has 1 aromatic carbocycles. The Hall–Kier alpha value is -2.73. The predicted octanol–water partition coefficient (Wildman–Crippen LogP) is 3.61. The van der Waals surface area contributed by atoms with E-state index >= 15 is 0 Å². The van der Waals surface area contributed by atoms with Gasteiger partial charge in [0.25, 0.3) is 0 Å². The van der Waals surface area contributed by atoms with Crippen LogP contribution in [0.3, 0.4) is 0 Å². The number of nitrogens with two attached hydrogens (primary N) is 1. The number of benzene rings is 1. The Balaban J connectivity index is 1.59. The smallest absolute Gasteiger partial charge is 0.180 e. The van der Waals surface area contributed by atoms with Crippen molar-refractivity contribution >= 4 is 22.1 Å². The number of nitrogens with zero attached hydrogens (tertiary/aromatic N) is 4. The van der Waals surface area contributed by atoms with Crippen molar-refractivity contribution in [2.45, 2.75) is 19.3 Å². The van der Waals surface area contributed by atoms with Crippen molar-refractivity contribution in [3.05, 3.63) is 65.6 Å². The zero-order valence-corrected chi connectivity index (χ0v) is 13.9. The average Bonchev–Trinajstić information content (AvgIpc) is 3.24. The normalized spacial score (nSPS) is 11.2. The molecule has 0 fully saturated rings. The molecule has 4 aromatic rings. The SMILES string of the molecule is Nc1ncc(CCCc2cc(-c3ccccc3)c3nncn3c2)s1. The number of aromatic nitrogens is 4. The van der Waals surface area contributed by atoms with Gasteiger partial charge in [-0.15, -0.1) is 21.5 Å². The van der Waals surface area contributed by atoms with Crippen LogP contribution in [0, 0.1) is 0 Å². The second kappa shape index (κ2) is 6.41. The molecule has 5 nitrogen and oxygen atoms in total. The zero-order valence-electron chi connectivity index (χ0n) is 13.1. The van der Waals surface area contributed by atoms with Crippen LogP contribution in [0.2, 0.25) is 0 Å². The fraction of sp³-hybridized carbons (Fsp3) is 0.167. The maximum Gasteiger partial charge on any atom is 0.180 e. The monoisotopic (exact) mass is 335 g/mol. The predicted molar refractivity (Wildman–Crippen MR) is 97.0 cm³/mol. The van der Waals surface area contributed by atoms with E-state index in [0.29, 0.717) is 5.13 Å². The maximum absolute atomic E-state index is 5.69. The Morgan fingerprint density at radius 1 is 1.12 bits per heavy atom. The van der Waals surface area contributed by atoms with Gasteiger partial charge in [0.15, 0.2) is 10.8 Å². The van der Waals surface area contributed by atoms with Crippen molar-refractivity contribution in [3.8, 4) is 11.1 Å². The Bertz CT molecular complexity index is 958. The molecule has 3 aromatic heterocycles. The first-order valence-electron chi connectivity index (χ1n) is 7.87. The van der Waals surface area contributed by atoms with Crippen molar-refractivity contribution < 1.29 is 0 Å². The van der Waals surface area contributed by atoms with E-state index in [2.05, 4.69) is 39.6 Å². The van der Waals surface area contributed by atoms with E-state index in [1.165, 1.54) is 10.4 Å². The van der Waals surface area contributed by atoms with Crippen molar-refractivity contribution in [2.75, 3.05) is 5.73 Å². The number of fused-ring (bicyclic) bond motifs is 1. The minimum atomic E-state index is 0.641.